The number of amides is 1. The number of methoxy groups -OCH3 is 1. The van der Waals surface area contributed by atoms with Crippen molar-refractivity contribution >= 4 is 17.8 Å². The Morgan fingerprint density at radius 3 is 2.20 bits per heavy atom. The summed E-state index contributed by atoms with van der Waals surface area (Å²) in [5.41, 5.74) is 0.127. The van der Waals surface area contributed by atoms with Gasteiger partial charge in [0.15, 0.2) is 5.78 Å². The highest BCUT2D eigenvalue weighted by atomic mass is 16.6. The smallest absolute Gasteiger partial charge is 0.408 e. The Morgan fingerprint density at radius 2 is 1.72 bits per heavy atom. The second-order valence-corrected chi connectivity index (χ2v) is 6.56. The summed E-state index contributed by atoms with van der Waals surface area (Å²) in [6.07, 6.45) is -0.455. The van der Waals surface area contributed by atoms with E-state index in [9.17, 15) is 14.4 Å². The number of nitrogens with one attached hydrogen (secondary N) is 1. The minimum atomic E-state index is -0.871. The molecule has 0 heterocycles. The molecule has 0 bridgehead atoms. The van der Waals surface area contributed by atoms with Crippen LogP contribution < -0.4 is 10.1 Å². The number of hydrogen-bond acceptors (Lipinski definition) is 6. The minimum absolute atomic E-state index is 0.00430. The molecular formula is C18H25NO6. The van der Waals surface area contributed by atoms with Gasteiger partial charge in [0.25, 0.3) is 0 Å². The van der Waals surface area contributed by atoms with Gasteiger partial charge in [-0.1, -0.05) is 12.1 Å². The first kappa shape index (κ1) is 20.5. The molecule has 0 aliphatic carbocycles. The van der Waals surface area contributed by atoms with Crippen LogP contribution in [0.5, 0.6) is 5.75 Å². The Morgan fingerprint density at radius 1 is 1.12 bits per heavy atom. The first-order chi connectivity index (χ1) is 11.6. The van der Waals surface area contributed by atoms with Crippen LogP contribution in [0, 0.1) is 0 Å². The van der Waals surface area contributed by atoms with Crippen molar-refractivity contribution in [3.63, 3.8) is 0 Å². The number of ketones is 1. The highest BCUT2D eigenvalue weighted by molar-refractivity contribution is 5.81. The van der Waals surface area contributed by atoms with Gasteiger partial charge in [-0.05, 0) is 45.4 Å². The van der Waals surface area contributed by atoms with Crippen LogP contribution in [-0.2, 0) is 25.5 Å². The van der Waals surface area contributed by atoms with Gasteiger partial charge in [0.1, 0.15) is 24.0 Å². The van der Waals surface area contributed by atoms with Crippen molar-refractivity contribution in [2.45, 2.75) is 45.8 Å². The van der Waals surface area contributed by atoms with Crippen LogP contribution in [-0.4, -0.2) is 43.2 Å². The van der Waals surface area contributed by atoms with E-state index in [1.165, 1.54) is 14.0 Å². The average molecular weight is 351 g/mol. The average Bonchev–Trinajstić information content (AvgIpc) is 2.51. The summed E-state index contributed by atoms with van der Waals surface area (Å²) in [5, 5.41) is 2.52. The van der Waals surface area contributed by atoms with Crippen molar-refractivity contribution in [2.75, 3.05) is 13.7 Å². The predicted octanol–water partition coefficient (Wildman–Crippen LogP) is 2.26. The van der Waals surface area contributed by atoms with Crippen LogP contribution in [0.25, 0.3) is 0 Å². The SMILES string of the molecule is COC(=O)[C@H](Cc1ccc(OCC(C)=O)cc1)NC(=O)OC(C)(C)C. The fraction of sp³-hybridized carbons (Fsp3) is 0.500. The summed E-state index contributed by atoms with van der Waals surface area (Å²) in [6.45, 7) is 6.65. The van der Waals surface area contributed by atoms with Gasteiger partial charge in [-0.25, -0.2) is 9.59 Å². The largest absolute Gasteiger partial charge is 0.486 e. The molecule has 0 unspecified atom stereocenters. The lowest BCUT2D eigenvalue weighted by Crippen LogP contribution is -2.45. The number of carbonyl (C=O) groups excluding carboxylic acids is 3. The summed E-state index contributed by atoms with van der Waals surface area (Å²) in [7, 11) is 1.25. The van der Waals surface area contributed by atoms with Crippen LogP contribution in [0.15, 0.2) is 24.3 Å². The van der Waals surface area contributed by atoms with Gasteiger partial charge in [-0.3, -0.25) is 4.79 Å². The number of esters is 1. The maximum Gasteiger partial charge on any atom is 0.408 e. The van der Waals surface area contributed by atoms with E-state index in [-0.39, 0.29) is 18.8 Å². The number of alkyl carbamates (subject to hydrolysis) is 1. The zero-order valence-electron chi connectivity index (χ0n) is 15.3. The highest BCUT2D eigenvalue weighted by Gasteiger charge is 2.25. The van der Waals surface area contributed by atoms with Crippen molar-refractivity contribution < 1.29 is 28.6 Å². The van der Waals surface area contributed by atoms with Crippen LogP contribution in [0.2, 0.25) is 0 Å². The monoisotopic (exact) mass is 351 g/mol. The first-order valence-corrected chi connectivity index (χ1v) is 7.89. The maximum atomic E-state index is 11.9. The molecule has 0 aliphatic heterocycles. The molecule has 7 nitrogen and oxygen atoms in total. The van der Waals surface area contributed by atoms with Gasteiger partial charge in [0.2, 0.25) is 0 Å². The molecule has 7 heteroatoms. The fourth-order valence-electron chi connectivity index (χ4n) is 1.93. The number of benzene rings is 1. The molecule has 1 amide bonds. The van der Waals surface area contributed by atoms with Gasteiger partial charge in [0, 0.05) is 6.42 Å². The molecule has 0 saturated carbocycles. The number of rotatable bonds is 7. The Bertz CT molecular complexity index is 603. The van der Waals surface area contributed by atoms with Crippen molar-refractivity contribution in [1.29, 1.82) is 0 Å². The lowest BCUT2D eigenvalue weighted by atomic mass is 10.1. The van der Waals surface area contributed by atoms with Gasteiger partial charge in [0.05, 0.1) is 7.11 Å². The van der Waals surface area contributed by atoms with E-state index >= 15 is 0 Å². The summed E-state index contributed by atoms with van der Waals surface area (Å²) < 4.78 is 15.2. The van der Waals surface area contributed by atoms with E-state index in [2.05, 4.69) is 5.32 Å². The molecule has 25 heavy (non-hydrogen) atoms. The molecule has 0 fully saturated rings. The highest BCUT2D eigenvalue weighted by Crippen LogP contribution is 2.14. The van der Waals surface area contributed by atoms with Crippen molar-refractivity contribution in [3.8, 4) is 5.75 Å². The van der Waals surface area contributed by atoms with Crippen molar-refractivity contribution in [1.82, 2.24) is 5.32 Å². The van der Waals surface area contributed by atoms with Crippen molar-refractivity contribution in [3.05, 3.63) is 29.8 Å². The molecule has 1 aromatic carbocycles. The predicted molar refractivity (Wildman–Crippen MR) is 91.5 cm³/mol. The van der Waals surface area contributed by atoms with Gasteiger partial charge < -0.3 is 19.5 Å². The Balaban J connectivity index is 2.73. The van der Waals surface area contributed by atoms with Gasteiger partial charge >= 0.3 is 12.1 Å². The topological polar surface area (TPSA) is 90.9 Å². The summed E-state index contributed by atoms with van der Waals surface area (Å²) >= 11 is 0. The molecule has 1 aromatic rings. The zero-order valence-corrected chi connectivity index (χ0v) is 15.3. The quantitative estimate of drug-likeness (QED) is 0.758. The van der Waals surface area contributed by atoms with E-state index < -0.39 is 23.7 Å². The maximum absolute atomic E-state index is 11.9. The van der Waals surface area contributed by atoms with E-state index in [1.54, 1.807) is 45.0 Å². The first-order valence-electron chi connectivity index (χ1n) is 7.89. The third kappa shape index (κ3) is 8.19. The molecule has 1 N–H and O–H groups in total. The van der Waals surface area contributed by atoms with E-state index in [1.807, 2.05) is 0 Å². The zero-order chi connectivity index (χ0) is 19.0. The second kappa shape index (κ2) is 9.05. The standard InChI is InChI=1S/C18H25NO6/c1-12(20)11-24-14-8-6-13(7-9-14)10-15(16(21)23-5)19-17(22)25-18(2,3)4/h6-9,15H,10-11H2,1-5H3,(H,19,22)/t15-/m0/s1. The number of carbonyl (C=O) groups is 3. The Hall–Kier alpha value is -2.57. The molecule has 0 aromatic heterocycles. The van der Waals surface area contributed by atoms with E-state index in [0.717, 1.165) is 5.56 Å². The van der Waals surface area contributed by atoms with E-state index in [0.29, 0.717) is 5.75 Å². The normalized spacial score (nSPS) is 12.0. The number of ether oxygens (including phenoxy) is 3. The van der Waals surface area contributed by atoms with Gasteiger partial charge in [-0.2, -0.15) is 0 Å². The minimum Gasteiger partial charge on any atom is -0.486 e. The number of Topliss-reactive ketones (excluding diaryl/α,β-unsaturated/α-hetero) is 1. The van der Waals surface area contributed by atoms with Gasteiger partial charge in [-0.15, -0.1) is 0 Å². The summed E-state index contributed by atoms with van der Waals surface area (Å²) in [5.74, 6) is -0.0900. The number of hydrogen-bond donors (Lipinski definition) is 1. The molecule has 0 aliphatic rings. The lowest BCUT2D eigenvalue weighted by Gasteiger charge is -2.22. The van der Waals surface area contributed by atoms with E-state index in [4.69, 9.17) is 14.2 Å². The van der Waals surface area contributed by atoms with Crippen LogP contribution in [0.4, 0.5) is 4.79 Å². The third-order valence-corrected chi connectivity index (χ3v) is 2.98. The fourth-order valence-corrected chi connectivity index (χ4v) is 1.93. The van der Waals surface area contributed by atoms with Crippen molar-refractivity contribution in [2.24, 2.45) is 0 Å². The van der Waals surface area contributed by atoms with Crippen LogP contribution >= 0.6 is 0 Å². The Labute approximate surface area is 147 Å². The molecular weight excluding hydrogens is 326 g/mol. The Kier molecular flexibility index (Phi) is 7.42. The molecule has 0 radical (unpaired) electrons. The molecule has 0 spiro atoms. The molecule has 138 valence electrons. The summed E-state index contributed by atoms with van der Waals surface area (Å²) in [6, 6.07) is 6.02. The lowest BCUT2D eigenvalue weighted by molar-refractivity contribution is -0.143. The molecule has 1 atom stereocenters. The van der Waals surface area contributed by atoms with Crippen LogP contribution in [0.3, 0.4) is 0 Å². The molecule has 1 rings (SSSR count). The second-order valence-electron chi connectivity index (χ2n) is 6.56. The van der Waals surface area contributed by atoms with Crippen LogP contribution in [0.1, 0.15) is 33.3 Å². The third-order valence-electron chi connectivity index (χ3n) is 2.98. The molecule has 0 saturated heterocycles. The summed E-state index contributed by atoms with van der Waals surface area (Å²) in [4.78, 5) is 34.7.